The maximum Gasteiger partial charge on any atom is 0.306 e. The minimum absolute atomic E-state index is 0.239. The Hall–Kier alpha value is -2.37. The van der Waals surface area contributed by atoms with Crippen molar-refractivity contribution in [2.45, 2.75) is 19.8 Å². The SMILES string of the molecule is CC(CCCNC(=O)c1cn2ccccc2n1)C(=O)O. The topological polar surface area (TPSA) is 83.7 Å². The van der Waals surface area contributed by atoms with Gasteiger partial charge < -0.3 is 14.8 Å². The Balaban J connectivity index is 1.84. The monoisotopic (exact) mass is 275 g/mol. The predicted octanol–water partition coefficient (Wildman–Crippen LogP) is 1.57. The summed E-state index contributed by atoms with van der Waals surface area (Å²) in [6.45, 7) is 2.11. The number of carbonyl (C=O) groups is 2. The van der Waals surface area contributed by atoms with Crippen LogP contribution in [0, 0.1) is 5.92 Å². The minimum Gasteiger partial charge on any atom is -0.481 e. The van der Waals surface area contributed by atoms with Crippen LogP contribution in [0.15, 0.2) is 30.6 Å². The first-order valence-electron chi connectivity index (χ1n) is 6.52. The molecule has 106 valence electrons. The van der Waals surface area contributed by atoms with Crippen molar-refractivity contribution in [3.63, 3.8) is 0 Å². The van der Waals surface area contributed by atoms with E-state index in [1.807, 2.05) is 24.4 Å². The molecule has 20 heavy (non-hydrogen) atoms. The number of imidazole rings is 1. The number of carboxylic acids is 1. The van der Waals surface area contributed by atoms with Crippen LogP contribution in [-0.2, 0) is 4.79 Å². The first-order valence-corrected chi connectivity index (χ1v) is 6.52. The van der Waals surface area contributed by atoms with Gasteiger partial charge in [-0.25, -0.2) is 4.98 Å². The van der Waals surface area contributed by atoms with E-state index in [2.05, 4.69) is 10.3 Å². The number of pyridine rings is 1. The Morgan fingerprint density at radius 3 is 2.95 bits per heavy atom. The van der Waals surface area contributed by atoms with E-state index < -0.39 is 5.97 Å². The predicted molar refractivity (Wildman–Crippen MR) is 73.6 cm³/mol. The molecule has 2 aromatic rings. The lowest BCUT2D eigenvalue weighted by Crippen LogP contribution is -2.25. The molecule has 0 aliphatic carbocycles. The lowest BCUT2D eigenvalue weighted by molar-refractivity contribution is -0.141. The second-order valence-corrected chi connectivity index (χ2v) is 4.73. The van der Waals surface area contributed by atoms with Crippen LogP contribution in [0.25, 0.3) is 5.65 Å². The van der Waals surface area contributed by atoms with Crippen molar-refractivity contribution in [3.8, 4) is 0 Å². The molecule has 0 saturated heterocycles. The highest BCUT2D eigenvalue weighted by Gasteiger charge is 2.12. The number of amides is 1. The fourth-order valence-electron chi connectivity index (χ4n) is 1.87. The van der Waals surface area contributed by atoms with Gasteiger partial charge in [0.05, 0.1) is 5.92 Å². The molecule has 0 aliphatic heterocycles. The zero-order valence-electron chi connectivity index (χ0n) is 11.2. The zero-order chi connectivity index (χ0) is 14.5. The second kappa shape index (κ2) is 6.18. The van der Waals surface area contributed by atoms with E-state index in [1.54, 1.807) is 17.5 Å². The molecular formula is C14H17N3O3. The average Bonchev–Trinajstić information content (AvgIpc) is 2.86. The third-order valence-electron chi connectivity index (χ3n) is 3.12. The molecule has 1 atom stereocenters. The van der Waals surface area contributed by atoms with Crippen molar-refractivity contribution >= 4 is 17.5 Å². The molecule has 0 radical (unpaired) electrons. The smallest absolute Gasteiger partial charge is 0.306 e. The fourth-order valence-corrected chi connectivity index (χ4v) is 1.87. The standard InChI is InChI=1S/C14H17N3O3/c1-10(14(19)20)5-4-7-15-13(18)11-9-17-8-3-2-6-12(17)16-11/h2-3,6,8-10H,4-5,7H2,1H3,(H,15,18)(H,19,20). The van der Waals surface area contributed by atoms with Gasteiger partial charge in [-0.3, -0.25) is 9.59 Å². The van der Waals surface area contributed by atoms with Crippen LogP contribution in [0.3, 0.4) is 0 Å². The summed E-state index contributed by atoms with van der Waals surface area (Å²) in [5, 5.41) is 11.5. The summed E-state index contributed by atoms with van der Waals surface area (Å²) in [6.07, 6.45) is 4.67. The van der Waals surface area contributed by atoms with Gasteiger partial charge in [-0.1, -0.05) is 13.0 Å². The quantitative estimate of drug-likeness (QED) is 0.784. The lowest BCUT2D eigenvalue weighted by Gasteiger charge is -2.06. The second-order valence-electron chi connectivity index (χ2n) is 4.73. The number of hydrogen-bond acceptors (Lipinski definition) is 3. The van der Waals surface area contributed by atoms with Crippen LogP contribution < -0.4 is 5.32 Å². The summed E-state index contributed by atoms with van der Waals surface area (Å²) in [4.78, 5) is 26.7. The number of nitrogens with one attached hydrogen (secondary N) is 1. The number of nitrogens with zero attached hydrogens (tertiary/aromatic N) is 2. The molecule has 0 fully saturated rings. The number of rotatable bonds is 6. The summed E-state index contributed by atoms with van der Waals surface area (Å²) >= 11 is 0. The number of hydrogen-bond donors (Lipinski definition) is 2. The van der Waals surface area contributed by atoms with E-state index in [4.69, 9.17) is 5.11 Å². The van der Waals surface area contributed by atoms with Gasteiger partial charge in [0.1, 0.15) is 11.3 Å². The van der Waals surface area contributed by atoms with Crippen LogP contribution >= 0.6 is 0 Å². The van der Waals surface area contributed by atoms with Gasteiger partial charge in [-0.05, 0) is 25.0 Å². The van der Waals surface area contributed by atoms with E-state index >= 15 is 0 Å². The van der Waals surface area contributed by atoms with Gasteiger partial charge in [-0.2, -0.15) is 0 Å². The number of carboxylic acid groups (broad SMARTS) is 1. The van der Waals surface area contributed by atoms with Crippen LogP contribution in [-0.4, -0.2) is 32.9 Å². The average molecular weight is 275 g/mol. The van der Waals surface area contributed by atoms with Gasteiger partial charge in [0.25, 0.3) is 5.91 Å². The number of aromatic nitrogens is 2. The molecule has 2 aromatic heterocycles. The molecule has 2 rings (SSSR count). The van der Waals surface area contributed by atoms with Gasteiger partial charge in [-0.15, -0.1) is 0 Å². The zero-order valence-corrected chi connectivity index (χ0v) is 11.2. The van der Waals surface area contributed by atoms with Gasteiger partial charge in [0, 0.05) is 18.9 Å². The summed E-state index contributed by atoms with van der Waals surface area (Å²) in [5.41, 5.74) is 1.08. The highest BCUT2D eigenvalue weighted by Crippen LogP contribution is 2.06. The van der Waals surface area contributed by atoms with Gasteiger partial charge >= 0.3 is 5.97 Å². The molecule has 6 heteroatoms. The first-order chi connectivity index (χ1) is 9.58. The normalized spacial score (nSPS) is 12.2. The molecule has 0 spiro atoms. The van der Waals surface area contributed by atoms with Crippen LogP contribution in [0.4, 0.5) is 0 Å². The van der Waals surface area contributed by atoms with Gasteiger partial charge in [0.15, 0.2) is 0 Å². The first kappa shape index (κ1) is 14.0. The molecule has 0 aliphatic rings. The fraction of sp³-hybridized carbons (Fsp3) is 0.357. The number of aliphatic carboxylic acids is 1. The van der Waals surface area contributed by atoms with Crippen molar-refractivity contribution in [2.75, 3.05) is 6.54 Å². The number of carbonyl (C=O) groups excluding carboxylic acids is 1. The number of fused-ring (bicyclic) bond motifs is 1. The summed E-state index contributed by atoms with van der Waals surface area (Å²) in [6, 6.07) is 5.55. The van der Waals surface area contributed by atoms with E-state index in [-0.39, 0.29) is 11.8 Å². The van der Waals surface area contributed by atoms with Crippen molar-refractivity contribution in [2.24, 2.45) is 5.92 Å². The Kier molecular flexibility index (Phi) is 4.34. The van der Waals surface area contributed by atoms with Crippen LogP contribution in [0.2, 0.25) is 0 Å². The minimum atomic E-state index is -0.809. The molecular weight excluding hydrogens is 258 g/mol. The Morgan fingerprint density at radius 1 is 1.45 bits per heavy atom. The molecule has 0 saturated carbocycles. The summed E-state index contributed by atoms with van der Waals surface area (Å²) in [7, 11) is 0. The van der Waals surface area contributed by atoms with Crippen molar-refractivity contribution < 1.29 is 14.7 Å². The van der Waals surface area contributed by atoms with E-state index in [0.29, 0.717) is 25.1 Å². The summed E-state index contributed by atoms with van der Waals surface area (Å²) < 4.78 is 1.78. The van der Waals surface area contributed by atoms with E-state index in [9.17, 15) is 9.59 Å². The highest BCUT2D eigenvalue weighted by atomic mass is 16.4. The van der Waals surface area contributed by atoms with Crippen LogP contribution in [0.1, 0.15) is 30.3 Å². The maximum absolute atomic E-state index is 11.9. The highest BCUT2D eigenvalue weighted by molar-refractivity contribution is 5.92. The maximum atomic E-state index is 11.9. The molecule has 0 bridgehead atoms. The molecule has 6 nitrogen and oxygen atoms in total. The summed E-state index contributed by atoms with van der Waals surface area (Å²) in [5.74, 6) is -1.43. The molecule has 2 N–H and O–H groups in total. The Bertz CT molecular complexity index is 588. The largest absolute Gasteiger partial charge is 0.481 e. The molecule has 1 amide bonds. The van der Waals surface area contributed by atoms with Crippen molar-refractivity contribution in [1.82, 2.24) is 14.7 Å². The van der Waals surface area contributed by atoms with Crippen LogP contribution in [0.5, 0.6) is 0 Å². The molecule has 1 unspecified atom stereocenters. The third kappa shape index (κ3) is 3.34. The molecule has 2 heterocycles. The Labute approximate surface area is 116 Å². The van der Waals surface area contributed by atoms with E-state index in [1.165, 1.54) is 0 Å². The third-order valence-corrected chi connectivity index (χ3v) is 3.12. The van der Waals surface area contributed by atoms with Crippen molar-refractivity contribution in [3.05, 3.63) is 36.3 Å². The molecule has 0 aromatic carbocycles. The van der Waals surface area contributed by atoms with Gasteiger partial charge in [0.2, 0.25) is 0 Å². The Morgan fingerprint density at radius 2 is 2.25 bits per heavy atom. The van der Waals surface area contributed by atoms with Crippen molar-refractivity contribution in [1.29, 1.82) is 0 Å². The van der Waals surface area contributed by atoms with E-state index in [0.717, 1.165) is 5.65 Å². The lowest BCUT2D eigenvalue weighted by atomic mass is 10.1.